The van der Waals surface area contributed by atoms with E-state index in [0.717, 1.165) is 24.2 Å². The molecule has 18 heavy (non-hydrogen) atoms. The Kier molecular flexibility index (Phi) is 4.34. The topological polar surface area (TPSA) is 48.2 Å². The summed E-state index contributed by atoms with van der Waals surface area (Å²) in [5.74, 6) is 2.18. The molecule has 1 aromatic heterocycles. The van der Waals surface area contributed by atoms with Crippen molar-refractivity contribution >= 4 is 0 Å². The minimum atomic E-state index is 0.643. The van der Waals surface area contributed by atoms with Crippen LogP contribution < -0.4 is 4.74 Å². The van der Waals surface area contributed by atoms with E-state index in [9.17, 15) is 0 Å². The molecule has 4 nitrogen and oxygen atoms in total. The van der Waals surface area contributed by atoms with E-state index in [1.807, 2.05) is 24.3 Å². The van der Waals surface area contributed by atoms with Gasteiger partial charge in [-0.2, -0.15) is 4.98 Å². The Hall–Kier alpha value is -1.84. The van der Waals surface area contributed by atoms with Crippen molar-refractivity contribution in [3.05, 3.63) is 30.2 Å². The Morgan fingerprint density at radius 1 is 1.17 bits per heavy atom. The van der Waals surface area contributed by atoms with Crippen LogP contribution in [0, 0.1) is 0 Å². The summed E-state index contributed by atoms with van der Waals surface area (Å²) in [5, 5.41) is 3.99. The molecule has 0 radical (unpaired) electrons. The quantitative estimate of drug-likeness (QED) is 0.732. The van der Waals surface area contributed by atoms with Gasteiger partial charge in [-0.1, -0.05) is 24.9 Å². The zero-order valence-electron chi connectivity index (χ0n) is 10.8. The number of aromatic nitrogens is 2. The summed E-state index contributed by atoms with van der Waals surface area (Å²) in [6.45, 7) is 2.18. The first-order valence-corrected chi connectivity index (χ1v) is 6.30. The molecule has 0 N–H and O–H groups in total. The van der Waals surface area contributed by atoms with Crippen LogP contribution in [0.2, 0.25) is 0 Å². The molecular weight excluding hydrogens is 228 g/mol. The molecule has 4 heteroatoms. The van der Waals surface area contributed by atoms with E-state index in [4.69, 9.17) is 9.26 Å². The van der Waals surface area contributed by atoms with E-state index < -0.39 is 0 Å². The van der Waals surface area contributed by atoms with Gasteiger partial charge < -0.3 is 9.26 Å². The third-order valence-corrected chi connectivity index (χ3v) is 2.81. The number of ether oxygens (including phenoxy) is 1. The number of hydrogen-bond donors (Lipinski definition) is 0. The third kappa shape index (κ3) is 3.09. The minimum Gasteiger partial charge on any atom is -0.497 e. The highest BCUT2D eigenvalue weighted by Gasteiger charge is 2.08. The Bertz CT molecular complexity index is 477. The maximum atomic E-state index is 5.23. The number of unbranched alkanes of at least 4 members (excludes halogenated alkanes) is 2. The predicted molar refractivity (Wildman–Crippen MR) is 69.5 cm³/mol. The number of methoxy groups -OCH3 is 1. The lowest BCUT2D eigenvalue weighted by atomic mass is 10.2. The molecule has 2 aromatic rings. The fraction of sp³-hybridized carbons (Fsp3) is 0.429. The molecule has 0 saturated heterocycles. The standard InChI is InChI=1S/C14H18N2O2/c1-3-4-5-6-13-15-14(16-18-13)11-7-9-12(17-2)10-8-11/h7-10H,3-6H2,1-2H3. The van der Waals surface area contributed by atoms with Crippen molar-refractivity contribution in [2.75, 3.05) is 7.11 Å². The Morgan fingerprint density at radius 2 is 1.94 bits per heavy atom. The Balaban J connectivity index is 2.04. The second-order valence-corrected chi connectivity index (χ2v) is 4.20. The maximum Gasteiger partial charge on any atom is 0.226 e. The van der Waals surface area contributed by atoms with E-state index in [0.29, 0.717) is 11.7 Å². The highest BCUT2D eigenvalue weighted by atomic mass is 16.5. The summed E-state index contributed by atoms with van der Waals surface area (Å²) in [4.78, 5) is 4.39. The van der Waals surface area contributed by atoms with Crippen molar-refractivity contribution < 1.29 is 9.26 Å². The van der Waals surface area contributed by atoms with E-state index in [1.54, 1.807) is 7.11 Å². The second-order valence-electron chi connectivity index (χ2n) is 4.20. The molecular formula is C14H18N2O2. The van der Waals surface area contributed by atoms with Gasteiger partial charge in [0, 0.05) is 12.0 Å². The van der Waals surface area contributed by atoms with Crippen molar-refractivity contribution in [1.29, 1.82) is 0 Å². The smallest absolute Gasteiger partial charge is 0.226 e. The molecule has 0 spiro atoms. The van der Waals surface area contributed by atoms with Crippen molar-refractivity contribution in [3.8, 4) is 17.1 Å². The highest BCUT2D eigenvalue weighted by molar-refractivity contribution is 5.55. The van der Waals surface area contributed by atoms with Gasteiger partial charge in [0.25, 0.3) is 0 Å². The Labute approximate surface area is 107 Å². The van der Waals surface area contributed by atoms with Crippen molar-refractivity contribution in [1.82, 2.24) is 10.1 Å². The fourth-order valence-corrected chi connectivity index (χ4v) is 1.74. The molecule has 0 fully saturated rings. The monoisotopic (exact) mass is 246 g/mol. The molecule has 0 aliphatic rings. The van der Waals surface area contributed by atoms with Crippen LogP contribution >= 0.6 is 0 Å². The van der Waals surface area contributed by atoms with Gasteiger partial charge in [-0.05, 0) is 30.7 Å². The lowest BCUT2D eigenvalue weighted by Crippen LogP contribution is -1.86. The summed E-state index contributed by atoms with van der Waals surface area (Å²) in [5.41, 5.74) is 0.946. The third-order valence-electron chi connectivity index (χ3n) is 2.81. The van der Waals surface area contributed by atoms with Crippen LogP contribution in [0.5, 0.6) is 5.75 Å². The van der Waals surface area contributed by atoms with Crippen LogP contribution in [0.3, 0.4) is 0 Å². The van der Waals surface area contributed by atoms with E-state index in [-0.39, 0.29) is 0 Å². The number of hydrogen-bond acceptors (Lipinski definition) is 4. The first-order chi connectivity index (χ1) is 8.83. The van der Waals surface area contributed by atoms with Gasteiger partial charge in [-0.15, -0.1) is 0 Å². The number of benzene rings is 1. The van der Waals surface area contributed by atoms with Gasteiger partial charge in [0.15, 0.2) is 0 Å². The molecule has 2 rings (SSSR count). The van der Waals surface area contributed by atoms with Gasteiger partial charge in [0.05, 0.1) is 7.11 Å². The van der Waals surface area contributed by atoms with Gasteiger partial charge in [-0.25, -0.2) is 0 Å². The van der Waals surface area contributed by atoms with Crippen molar-refractivity contribution in [2.24, 2.45) is 0 Å². The lowest BCUT2D eigenvalue weighted by Gasteiger charge is -1.98. The molecule has 1 aromatic carbocycles. The van der Waals surface area contributed by atoms with Crippen molar-refractivity contribution in [2.45, 2.75) is 32.6 Å². The SMILES string of the molecule is CCCCCc1nc(-c2ccc(OC)cc2)no1. The number of aryl methyl sites for hydroxylation is 1. The van der Waals surface area contributed by atoms with Gasteiger partial charge >= 0.3 is 0 Å². The first kappa shape index (κ1) is 12.6. The maximum absolute atomic E-state index is 5.23. The molecule has 1 heterocycles. The van der Waals surface area contributed by atoms with Gasteiger partial charge in [0.2, 0.25) is 11.7 Å². The zero-order chi connectivity index (χ0) is 12.8. The van der Waals surface area contributed by atoms with E-state index in [1.165, 1.54) is 12.8 Å². The van der Waals surface area contributed by atoms with Crippen LogP contribution in [0.4, 0.5) is 0 Å². The van der Waals surface area contributed by atoms with Crippen LogP contribution in [0.15, 0.2) is 28.8 Å². The molecule has 0 saturated carbocycles. The van der Waals surface area contributed by atoms with E-state index in [2.05, 4.69) is 17.1 Å². The van der Waals surface area contributed by atoms with Crippen LogP contribution in [-0.4, -0.2) is 17.3 Å². The predicted octanol–water partition coefficient (Wildman–Crippen LogP) is 3.48. The average molecular weight is 246 g/mol. The normalized spacial score (nSPS) is 10.6. The second kappa shape index (κ2) is 6.19. The summed E-state index contributed by atoms with van der Waals surface area (Å²) in [7, 11) is 1.65. The van der Waals surface area contributed by atoms with E-state index >= 15 is 0 Å². The molecule has 0 aliphatic carbocycles. The largest absolute Gasteiger partial charge is 0.497 e. The van der Waals surface area contributed by atoms with Crippen LogP contribution in [-0.2, 0) is 6.42 Å². The van der Waals surface area contributed by atoms with Crippen molar-refractivity contribution in [3.63, 3.8) is 0 Å². The molecule has 0 atom stereocenters. The highest BCUT2D eigenvalue weighted by Crippen LogP contribution is 2.20. The van der Waals surface area contributed by atoms with Gasteiger partial charge in [0.1, 0.15) is 5.75 Å². The van der Waals surface area contributed by atoms with Gasteiger partial charge in [-0.3, -0.25) is 0 Å². The first-order valence-electron chi connectivity index (χ1n) is 6.30. The molecule has 0 bridgehead atoms. The van der Waals surface area contributed by atoms with Crippen LogP contribution in [0.1, 0.15) is 32.1 Å². The summed E-state index contributed by atoms with van der Waals surface area (Å²) < 4.78 is 10.3. The summed E-state index contributed by atoms with van der Waals surface area (Å²) in [6, 6.07) is 7.64. The average Bonchev–Trinajstić information content (AvgIpc) is 2.88. The molecule has 0 unspecified atom stereocenters. The molecule has 0 amide bonds. The van der Waals surface area contributed by atoms with Crippen LogP contribution in [0.25, 0.3) is 11.4 Å². The molecule has 0 aliphatic heterocycles. The minimum absolute atomic E-state index is 0.643. The molecule has 96 valence electrons. The lowest BCUT2D eigenvalue weighted by molar-refractivity contribution is 0.374. The fourth-order valence-electron chi connectivity index (χ4n) is 1.74. The number of rotatable bonds is 6. The summed E-state index contributed by atoms with van der Waals surface area (Å²) >= 11 is 0. The number of nitrogens with zero attached hydrogens (tertiary/aromatic N) is 2. The Morgan fingerprint density at radius 3 is 2.61 bits per heavy atom. The summed E-state index contributed by atoms with van der Waals surface area (Å²) in [6.07, 6.45) is 4.34. The zero-order valence-corrected chi connectivity index (χ0v) is 10.8.